The molecule has 156 valence electrons. The number of ether oxygens (including phenoxy) is 1. The lowest BCUT2D eigenvalue weighted by atomic mass is 10.0. The van der Waals surface area contributed by atoms with E-state index < -0.39 is 0 Å². The third kappa shape index (κ3) is 4.56. The molecule has 0 atom stereocenters. The number of carbonyl (C=O) groups is 2. The fourth-order valence-corrected chi connectivity index (χ4v) is 3.46. The molecule has 7 nitrogen and oxygen atoms in total. The zero-order chi connectivity index (χ0) is 21.7. The van der Waals surface area contributed by atoms with Gasteiger partial charge in [-0.25, -0.2) is 0 Å². The third-order valence-corrected chi connectivity index (χ3v) is 5.23. The number of nitrogens with one attached hydrogen (secondary N) is 2. The summed E-state index contributed by atoms with van der Waals surface area (Å²) in [6.07, 6.45) is 3.40. The molecule has 1 aliphatic rings. The molecule has 0 radical (unpaired) electrons. The molecule has 1 aliphatic heterocycles. The summed E-state index contributed by atoms with van der Waals surface area (Å²) >= 11 is 0. The molecule has 0 saturated carbocycles. The summed E-state index contributed by atoms with van der Waals surface area (Å²) < 4.78 is 4.78. The van der Waals surface area contributed by atoms with Crippen LogP contribution in [0.1, 0.15) is 43.5 Å². The van der Waals surface area contributed by atoms with Gasteiger partial charge >= 0.3 is 5.97 Å². The van der Waals surface area contributed by atoms with Gasteiger partial charge in [0.15, 0.2) is 5.82 Å². The average Bonchev–Trinajstić information content (AvgIpc) is 3.20. The summed E-state index contributed by atoms with van der Waals surface area (Å²) in [6.45, 7) is 5.82. The van der Waals surface area contributed by atoms with Crippen molar-refractivity contribution >= 4 is 29.5 Å². The molecule has 3 rings (SSSR count). The number of carbonyl (C=O) groups excluding carboxylic acids is 2. The molecule has 0 saturated heterocycles. The first-order valence-electron chi connectivity index (χ1n) is 9.92. The largest absolute Gasteiger partial charge is 0.469 e. The standard InChI is InChI=1S/C23H26N4O3/c1-5-17-15(3)23(29)25-20(17)13-19-14(2)18(11-12-21(28)30-4)22(24-19)27-26-16-9-7-6-8-10-16/h6-10,13,24H,5,11-12H2,1-4H3,(H,25,29)/b20-13+,27-26?. The zero-order valence-corrected chi connectivity index (χ0v) is 17.7. The molecule has 0 unspecified atom stereocenters. The maximum atomic E-state index is 12.1. The number of amides is 1. The van der Waals surface area contributed by atoms with Gasteiger partial charge in [-0.05, 0) is 56.0 Å². The minimum atomic E-state index is -0.281. The van der Waals surface area contributed by atoms with Crippen LogP contribution in [0, 0.1) is 6.92 Å². The topological polar surface area (TPSA) is 95.9 Å². The van der Waals surface area contributed by atoms with Crippen molar-refractivity contribution in [2.24, 2.45) is 10.2 Å². The van der Waals surface area contributed by atoms with Crippen molar-refractivity contribution in [1.82, 2.24) is 10.3 Å². The van der Waals surface area contributed by atoms with E-state index in [2.05, 4.69) is 20.5 Å². The van der Waals surface area contributed by atoms with Gasteiger partial charge < -0.3 is 15.0 Å². The Morgan fingerprint density at radius 1 is 1.17 bits per heavy atom. The van der Waals surface area contributed by atoms with Gasteiger partial charge in [-0.3, -0.25) is 9.59 Å². The van der Waals surface area contributed by atoms with E-state index in [1.807, 2.05) is 57.2 Å². The van der Waals surface area contributed by atoms with Gasteiger partial charge in [-0.15, -0.1) is 10.2 Å². The first-order valence-corrected chi connectivity index (χ1v) is 9.92. The van der Waals surface area contributed by atoms with Crippen molar-refractivity contribution < 1.29 is 14.3 Å². The molecule has 0 aliphatic carbocycles. The second kappa shape index (κ2) is 9.35. The molecule has 2 aromatic rings. The molecule has 0 fully saturated rings. The van der Waals surface area contributed by atoms with E-state index in [-0.39, 0.29) is 18.3 Å². The monoisotopic (exact) mass is 406 g/mol. The van der Waals surface area contributed by atoms with Gasteiger partial charge in [0, 0.05) is 28.9 Å². The van der Waals surface area contributed by atoms with Crippen LogP contribution in [0.3, 0.4) is 0 Å². The lowest BCUT2D eigenvalue weighted by Gasteiger charge is -2.04. The second-order valence-electron chi connectivity index (χ2n) is 7.07. The minimum Gasteiger partial charge on any atom is -0.469 e. The Kier molecular flexibility index (Phi) is 6.61. The Bertz CT molecular complexity index is 1050. The van der Waals surface area contributed by atoms with Crippen molar-refractivity contribution in [1.29, 1.82) is 0 Å². The number of esters is 1. The summed E-state index contributed by atoms with van der Waals surface area (Å²) in [4.78, 5) is 27.0. The van der Waals surface area contributed by atoms with E-state index in [9.17, 15) is 9.59 Å². The van der Waals surface area contributed by atoms with Gasteiger partial charge in [-0.1, -0.05) is 25.1 Å². The third-order valence-electron chi connectivity index (χ3n) is 5.23. The molecular weight excluding hydrogens is 380 g/mol. The minimum absolute atomic E-state index is 0.0720. The van der Waals surface area contributed by atoms with Crippen LogP contribution >= 0.6 is 0 Å². The number of methoxy groups -OCH3 is 1. The van der Waals surface area contributed by atoms with Crippen LogP contribution in [-0.2, 0) is 20.7 Å². The first kappa shape index (κ1) is 21.2. The normalized spacial score (nSPS) is 15.3. The van der Waals surface area contributed by atoms with Crippen LogP contribution < -0.4 is 5.32 Å². The van der Waals surface area contributed by atoms with Crippen molar-refractivity contribution in [3.63, 3.8) is 0 Å². The smallest absolute Gasteiger partial charge is 0.305 e. The predicted octanol–water partition coefficient (Wildman–Crippen LogP) is 5.04. The predicted molar refractivity (Wildman–Crippen MR) is 116 cm³/mol. The highest BCUT2D eigenvalue weighted by Gasteiger charge is 2.23. The number of benzene rings is 1. The summed E-state index contributed by atoms with van der Waals surface area (Å²) in [5, 5.41) is 11.6. The van der Waals surface area contributed by atoms with Crippen molar-refractivity contribution in [3.8, 4) is 0 Å². The second-order valence-corrected chi connectivity index (χ2v) is 7.07. The van der Waals surface area contributed by atoms with Gasteiger partial charge in [0.2, 0.25) is 0 Å². The first-order chi connectivity index (χ1) is 14.4. The molecule has 0 spiro atoms. The molecule has 7 heteroatoms. The highest BCUT2D eigenvalue weighted by atomic mass is 16.5. The van der Waals surface area contributed by atoms with Crippen molar-refractivity contribution in [2.75, 3.05) is 7.11 Å². The number of H-pyrrole nitrogens is 1. The van der Waals surface area contributed by atoms with E-state index in [0.717, 1.165) is 45.8 Å². The lowest BCUT2D eigenvalue weighted by molar-refractivity contribution is -0.140. The Balaban J connectivity index is 1.99. The van der Waals surface area contributed by atoms with Crippen LogP contribution in [0.2, 0.25) is 0 Å². The van der Waals surface area contributed by atoms with E-state index in [0.29, 0.717) is 12.2 Å². The van der Waals surface area contributed by atoms with Crippen LogP contribution in [0.25, 0.3) is 6.08 Å². The molecule has 2 N–H and O–H groups in total. The maximum Gasteiger partial charge on any atom is 0.305 e. The van der Waals surface area contributed by atoms with Crippen LogP contribution in [0.4, 0.5) is 11.5 Å². The zero-order valence-electron chi connectivity index (χ0n) is 17.7. The van der Waals surface area contributed by atoms with Crippen LogP contribution in [0.5, 0.6) is 0 Å². The Labute approximate surface area is 175 Å². The number of rotatable bonds is 7. The molecule has 0 bridgehead atoms. The number of allylic oxidation sites excluding steroid dienone is 1. The summed E-state index contributed by atoms with van der Waals surface area (Å²) in [6, 6.07) is 9.44. The number of aromatic amines is 1. The molecule has 1 aromatic heterocycles. The molecule has 2 heterocycles. The SMILES string of the molecule is CCC1=C(C)C(=O)N/C1=C/c1[nH]c(N=Nc2ccccc2)c(CCC(=O)OC)c1C. The summed E-state index contributed by atoms with van der Waals surface area (Å²) in [7, 11) is 1.38. The van der Waals surface area contributed by atoms with Gasteiger partial charge in [0.1, 0.15) is 0 Å². The fraction of sp³-hybridized carbons (Fsp3) is 0.304. The Morgan fingerprint density at radius 2 is 1.90 bits per heavy atom. The number of azo groups is 1. The number of nitrogens with zero attached hydrogens (tertiary/aromatic N) is 2. The Hall–Kier alpha value is -3.48. The quantitative estimate of drug-likeness (QED) is 0.498. The summed E-state index contributed by atoms with van der Waals surface area (Å²) in [5.41, 5.74) is 5.94. The average molecular weight is 406 g/mol. The summed E-state index contributed by atoms with van der Waals surface area (Å²) in [5.74, 6) is 0.240. The van der Waals surface area contributed by atoms with Gasteiger partial charge in [0.25, 0.3) is 5.91 Å². The number of hydrogen-bond donors (Lipinski definition) is 2. The van der Waals surface area contributed by atoms with E-state index >= 15 is 0 Å². The molecule has 1 amide bonds. The molecular formula is C23H26N4O3. The highest BCUT2D eigenvalue weighted by molar-refractivity contribution is 6.00. The molecule has 1 aromatic carbocycles. The number of aromatic nitrogens is 1. The molecule has 30 heavy (non-hydrogen) atoms. The lowest BCUT2D eigenvalue weighted by Crippen LogP contribution is -2.15. The number of hydrogen-bond acceptors (Lipinski definition) is 5. The van der Waals surface area contributed by atoms with E-state index in [4.69, 9.17) is 4.74 Å². The fourth-order valence-electron chi connectivity index (χ4n) is 3.46. The van der Waals surface area contributed by atoms with E-state index in [1.54, 1.807) is 0 Å². The highest BCUT2D eigenvalue weighted by Crippen LogP contribution is 2.32. The van der Waals surface area contributed by atoms with Crippen molar-refractivity contribution in [3.05, 3.63) is 64.0 Å². The van der Waals surface area contributed by atoms with Crippen LogP contribution in [-0.4, -0.2) is 24.0 Å². The van der Waals surface area contributed by atoms with E-state index in [1.165, 1.54) is 7.11 Å². The van der Waals surface area contributed by atoms with Crippen molar-refractivity contribution in [2.45, 2.75) is 40.0 Å². The maximum absolute atomic E-state index is 12.1. The Morgan fingerprint density at radius 3 is 2.57 bits per heavy atom. The van der Waals surface area contributed by atoms with Crippen LogP contribution in [0.15, 0.2) is 57.4 Å². The van der Waals surface area contributed by atoms with Gasteiger partial charge in [0.05, 0.1) is 12.8 Å². The van der Waals surface area contributed by atoms with Gasteiger partial charge in [-0.2, -0.15) is 0 Å².